The number of amides is 1. The van der Waals surface area contributed by atoms with Crippen LogP contribution in [0.4, 0.5) is 0 Å². The fourth-order valence-electron chi connectivity index (χ4n) is 7.76. The van der Waals surface area contributed by atoms with Gasteiger partial charge in [-0.25, -0.2) is 0 Å². The minimum Gasteiger partial charge on any atom is -0.462 e. The SMILES string of the molecule is CC/C=C\C/C=C\C/C=C\C/C=C\C/C=C\CCCC(CC(=O)NC(CO)C(O)CCCCCCCCCCCCC)OC(=O)CCCCCCCC/C=C\C/C=C\C/C=C\CCCCC. The Balaban J connectivity index is 4.71. The van der Waals surface area contributed by atoms with E-state index in [9.17, 15) is 19.8 Å². The Labute approximate surface area is 407 Å². The summed E-state index contributed by atoms with van der Waals surface area (Å²) in [5.41, 5.74) is 0. The molecule has 0 aliphatic rings. The third-order valence-electron chi connectivity index (χ3n) is 11.9. The molecule has 6 heteroatoms. The molecule has 0 bridgehead atoms. The van der Waals surface area contributed by atoms with Gasteiger partial charge in [0.1, 0.15) is 6.10 Å². The van der Waals surface area contributed by atoms with Gasteiger partial charge in [0.15, 0.2) is 0 Å². The Morgan fingerprint density at radius 2 is 0.833 bits per heavy atom. The lowest BCUT2D eigenvalue weighted by Crippen LogP contribution is -2.46. The van der Waals surface area contributed by atoms with Crippen molar-refractivity contribution in [3.05, 3.63) is 97.2 Å². The Hall–Kier alpha value is -3.22. The monoisotopic (exact) mass is 918 g/mol. The Morgan fingerprint density at radius 3 is 1.30 bits per heavy atom. The van der Waals surface area contributed by atoms with Crippen molar-refractivity contribution in [2.45, 2.75) is 264 Å². The zero-order valence-electron chi connectivity index (χ0n) is 43.0. The number of hydrogen-bond donors (Lipinski definition) is 3. The third-order valence-corrected chi connectivity index (χ3v) is 11.9. The largest absolute Gasteiger partial charge is 0.462 e. The Morgan fingerprint density at radius 1 is 0.455 bits per heavy atom. The second-order valence-electron chi connectivity index (χ2n) is 18.2. The highest BCUT2D eigenvalue weighted by molar-refractivity contribution is 5.77. The van der Waals surface area contributed by atoms with Crippen LogP contribution >= 0.6 is 0 Å². The highest BCUT2D eigenvalue weighted by atomic mass is 16.5. The van der Waals surface area contributed by atoms with Crippen molar-refractivity contribution < 1.29 is 24.5 Å². The second kappa shape index (κ2) is 52.7. The molecule has 0 heterocycles. The van der Waals surface area contributed by atoms with Crippen LogP contribution in [0.15, 0.2) is 97.2 Å². The van der Waals surface area contributed by atoms with Gasteiger partial charge in [0.2, 0.25) is 5.91 Å². The first-order valence-electron chi connectivity index (χ1n) is 27.5. The van der Waals surface area contributed by atoms with E-state index in [1.807, 2.05) is 0 Å². The summed E-state index contributed by atoms with van der Waals surface area (Å²) in [6.45, 7) is 6.32. The van der Waals surface area contributed by atoms with Crippen LogP contribution in [0.1, 0.15) is 245 Å². The number of esters is 1. The van der Waals surface area contributed by atoms with E-state index in [1.54, 1.807) is 0 Å². The molecular formula is C60H103NO5. The number of carbonyl (C=O) groups is 2. The van der Waals surface area contributed by atoms with Crippen LogP contribution in [0.25, 0.3) is 0 Å². The fourth-order valence-corrected chi connectivity index (χ4v) is 7.76. The Kier molecular flexibility index (Phi) is 50.2. The predicted octanol–water partition coefficient (Wildman–Crippen LogP) is 16.9. The molecule has 66 heavy (non-hydrogen) atoms. The molecular weight excluding hydrogens is 815 g/mol. The van der Waals surface area contributed by atoms with Crippen LogP contribution in [0.3, 0.4) is 0 Å². The van der Waals surface area contributed by atoms with Crippen molar-refractivity contribution in [1.29, 1.82) is 0 Å². The summed E-state index contributed by atoms with van der Waals surface area (Å²) >= 11 is 0. The zero-order chi connectivity index (χ0) is 48.1. The quantitative estimate of drug-likeness (QED) is 0.0321. The molecule has 0 saturated carbocycles. The highest BCUT2D eigenvalue weighted by Crippen LogP contribution is 2.17. The number of aliphatic hydroxyl groups is 2. The summed E-state index contributed by atoms with van der Waals surface area (Å²) in [7, 11) is 0. The molecule has 3 N–H and O–H groups in total. The summed E-state index contributed by atoms with van der Waals surface area (Å²) < 4.78 is 5.92. The van der Waals surface area contributed by atoms with Gasteiger partial charge in [0, 0.05) is 6.42 Å². The second-order valence-corrected chi connectivity index (χ2v) is 18.2. The van der Waals surface area contributed by atoms with Crippen LogP contribution in [0.2, 0.25) is 0 Å². The molecule has 0 aromatic rings. The van der Waals surface area contributed by atoms with Crippen molar-refractivity contribution in [3.8, 4) is 0 Å². The molecule has 3 unspecified atom stereocenters. The maximum absolute atomic E-state index is 13.2. The topological polar surface area (TPSA) is 95.9 Å². The summed E-state index contributed by atoms with van der Waals surface area (Å²) in [4.78, 5) is 26.2. The number of nitrogens with one attached hydrogen (secondary N) is 1. The van der Waals surface area contributed by atoms with E-state index in [4.69, 9.17) is 4.74 Å². The number of carbonyl (C=O) groups excluding carboxylic acids is 2. The van der Waals surface area contributed by atoms with Crippen molar-refractivity contribution in [2.24, 2.45) is 0 Å². The smallest absolute Gasteiger partial charge is 0.306 e. The third kappa shape index (κ3) is 47.3. The molecule has 6 nitrogen and oxygen atoms in total. The highest BCUT2D eigenvalue weighted by Gasteiger charge is 2.24. The van der Waals surface area contributed by atoms with Crippen LogP contribution in [-0.2, 0) is 14.3 Å². The van der Waals surface area contributed by atoms with E-state index in [-0.39, 0.29) is 24.9 Å². The minimum absolute atomic E-state index is 0.0281. The van der Waals surface area contributed by atoms with E-state index < -0.39 is 18.2 Å². The average Bonchev–Trinajstić information content (AvgIpc) is 3.31. The first-order valence-corrected chi connectivity index (χ1v) is 27.5. The van der Waals surface area contributed by atoms with Crippen molar-refractivity contribution in [1.82, 2.24) is 5.32 Å². The maximum Gasteiger partial charge on any atom is 0.306 e. The van der Waals surface area contributed by atoms with Crippen LogP contribution in [0.5, 0.6) is 0 Å². The number of allylic oxidation sites excluding steroid dienone is 16. The number of aliphatic hydroxyl groups excluding tert-OH is 2. The summed E-state index contributed by atoms with van der Waals surface area (Å²) in [5, 5.41) is 23.8. The molecule has 0 aliphatic heterocycles. The molecule has 0 fully saturated rings. The average molecular weight is 918 g/mol. The van der Waals surface area contributed by atoms with Gasteiger partial charge in [0.05, 0.1) is 25.2 Å². The van der Waals surface area contributed by atoms with E-state index in [0.29, 0.717) is 19.3 Å². The predicted molar refractivity (Wildman–Crippen MR) is 287 cm³/mol. The fraction of sp³-hybridized carbons (Fsp3) is 0.700. The number of rotatable bonds is 48. The molecule has 0 aromatic carbocycles. The lowest BCUT2D eigenvalue weighted by Gasteiger charge is -2.24. The lowest BCUT2D eigenvalue weighted by molar-refractivity contribution is -0.151. The normalized spacial score (nSPS) is 14.0. The molecule has 0 spiro atoms. The molecule has 0 saturated heterocycles. The summed E-state index contributed by atoms with van der Waals surface area (Å²) in [6, 6.07) is -0.728. The molecule has 3 atom stereocenters. The first kappa shape index (κ1) is 62.8. The minimum atomic E-state index is -0.810. The first-order chi connectivity index (χ1) is 32.5. The van der Waals surface area contributed by atoms with Crippen LogP contribution in [0, 0.1) is 0 Å². The summed E-state index contributed by atoms with van der Waals surface area (Å²) in [6.07, 6.45) is 70.4. The van der Waals surface area contributed by atoms with E-state index >= 15 is 0 Å². The zero-order valence-corrected chi connectivity index (χ0v) is 43.0. The number of unbranched alkanes of at least 4 members (excludes halogenated alkanes) is 20. The van der Waals surface area contributed by atoms with Gasteiger partial charge in [0.25, 0.3) is 0 Å². The standard InChI is InChI=1S/C60H103NO5/c1-4-7-10-13-16-19-22-24-26-28-29-31-33-35-38-41-44-47-50-53-60(65)66-56(51-48-45-42-39-37-34-32-30-27-25-23-20-17-14-11-8-5-2)54-59(64)61-57(55-62)58(63)52-49-46-43-40-36-21-18-15-12-9-6-3/h8,11,16-17,19-20,24-27,29,31-32,34,39,42,56-58,62-63H,4-7,9-10,12-15,18,21-23,28,30,33,35-38,40-41,43-55H2,1-3H3,(H,61,64)/b11-8-,19-16-,20-17-,26-24-,27-25-,31-29-,34-32-,42-39-. The van der Waals surface area contributed by atoms with Gasteiger partial charge in [-0.1, -0.05) is 227 Å². The van der Waals surface area contributed by atoms with E-state index in [0.717, 1.165) is 103 Å². The molecule has 378 valence electrons. The van der Waals surface area contributed by atoms with Crippen molar-refractivity contribution >= 4 is 11.9 Å². The molecule has 1 amide bonds. The molecule has 0 rings (SSSR count). The molecule has 0 radical (unpaired) electrons. The summed E-state index contributed by atoms with van der Waals surface area (Å²) in [5.74, 6) is -0.549. The number of ether oxygens (including phenoxy) is 1. The van der Waals surface area contributed by atoms with Gasteiger partial charge in [-0.2, -0.15) is 0 Å². The van der Waals surface area contributed by atoms with Gasteiger partial charge < -0.3 is 20.3 Å². The van der Waals surface area contributed by atoms with E-state index in [1.165, 1.54) is 96.3 Å². The van der Waals surface area contributed by atoms with Gasteiger partial charge in [-0.15, -0.1) is 0 Å². The van der Waals surface area contributed by atoms with Crippen LogP contribution < -0.4 is 5.32 Å². The van der Waals surface area contributed by atoms with Gasteiger partial charge in [-0.05, 0) is 103 Å². The Bertz CT molecular complexity index is 1310. The van der Waals surface area contributed by atoms with Gasteiger partial charge in [-0.3, -0.25) is 9.59 Å². The van der Waals surface area contributed by atoms with E-state index in [2.05, 4.69) is 123 Å². The van der Waals surface area contributed by atoms with Crippen LogP contribution in [-0.4, -0.2) is 46.9 Å². The molecule has 0 aliphatic carbocycles. The number of hydrogen-bond acceptors (Lipinski definition) is 5. The van der Waals surface area contributed by atoms with Crippen molar-refractivity contribution in [2.75, 3.05) is 6.61 Å². The molecule has 0 aromatic heterocycles. The maximum atomic E-state index is 13.2. The van der Waals surface area contributed by atoms with Gasteiger partial charge >= 0.3 is 5.97 Å². The van der Waals surface area contributed by atoms with Crippen molar-refractivity contribution in [3.63, 3.8) is 0 Å². The lowest BCUT2D eigenvalue weighted by atomic mass is 10.0.